The van der Waals surface area contributed by atoms with Crippen molar-refractivity contribution >= 4 is 29.4 Å². The number of hydrogen-bond acceptors (Lipinski definition) is 5. The number of carbonyl (C=O) groups excluding carboxylic acids is 1. The van der Waals surface area contributed by atoms with Gasteiger partial charge in [0.05, 0.1) is 29.6 Å². The fourth-order valence-electron chi connectivity index (χ4n) is 3.13. The van der Waals surface area contributed by atoms with Crippen LogP contribution in [0.3, 0.4) is 0 Å². The minimum Gasteiger partial charge on any atom is -0.497 e. The second kappa shape index (κ2) is 7.71. The molecule has 7 nitrogen and oxygen atoms in total. The molecular weight excluding hydrogens is 384 g/mol. The van der Waals surface area contributed by atoms with E-state index < -0.39 is 5.97 Å². The van der Waals surface area contributed by atoms with Crippen molar-refractivity contribution in [2.24, 2.45) is 5.10 Å². The Morgan fingerprint density at radius 1 is 1.13 bits per heavy atom. The number of methoxy groups -OCH3 is 1. The van der Waals surface area contributed by atoms with Gasteiger partial charge in [-0.3, -0.25) is 4.79 Å². The van der Waals surface area contributed by atoms with E-state index in [4.69, 9.17) is 9.15 Å². The summed E-state index contributed by atoms with van der Waals surface area (Å²) in [4.78, 5) is 24.1. The van der Waals surface area contributed by atoms with Gasteiger partial charge in [0.25, 0.3) is 5.91 Å². The first-order chi connectivity index (χ1) is 14.5. The van der Waals surface area contributed by atoms with Gasteiger partial charge in [0.15, 0.2) is 0 Å². The third-order valence-corrected chi connectivity index (χ3v) is 4.67. The van der Waals surface area contributed by atoms with Crippen LogP contribution < -0.4 is 9.75 Å². The SMILES string of the molecule is COc1cccc(-c2ccc(/C=C3\C(=O)N(c4cccc(C(=O)O)c4)N=C3C)o2)c1. The molecule has 1 aliphatic heterocycles. The van der Waals surface area contributed by atoms with E-state index in [1.165, 1.54) is 17.1 Å². The zero-order valence-electron chi connectivity index (χ0n) is 16.3. The third kappa shape index (κ3) is 3.60. The molecule has 0 spiro atoms. The fourth-order valence-corrected chi connectivity index (χ4v) is 3.13. The summed E-state index contributed by atoms with van der Waals surface area (Å²) < 4.78 is 11.1. The Bertz CT molecular complexity index is 1210. The first-order valence-electron chi connectivity index (χ1n) is 9.15. The Labute approximate surface area is 172 Å². The smallest absolute Gasteiger partial charge is 0.335 e. The molecule has 150 valence electrons. The van der Waals surface area contributed by atoms with Crippen LogP contribution in [0, 0.1) is 0 Å². The van der Waals surface area contributed by atoms with Crippen molar-refractivity contribution in [3.63, 3.8) is 0 Å². The molecule has 0 fully saturated rings. The summed E-state index contributed by atoms with van der Waals surface area (Å²) in [6.07, 6.45) is 1.63. The molecule has 0 atom stereocenters. The lowest BCUT2D eigenvalue weighted by Gasteiger charge is -2.12. The summed E-state index contributed by atoms with van der Waals surface area (Å²) in [5.74, 6) is 0.450. The predicted octanol–water partition coefficient (Wildman–Crippen LogP) is 4.46. The van der Waals surface area contributed by atoms with Crippen molar-refractivity contribution in [1.29, 1.82) is 0 Å². The highest BCUT2D eigenvalue weighted by atomic mass is 16.5. The lowest BCUT2D eigenvalue weighted by molar-refractivity contribution is -0.114. The number of anilines is 1. The number of carboxylic acid groups (broad SMARTS) is 1. The van der Waals surface area contributed by atoms with Crippen LogP contribution in [0.4, 0.5) is 5.69 Å². The maximum Gasteiger partial charge on any atom is 0.335 e. The first kappa shape index (κ1) is 19.2. The monoisotopic (exact) mass is 402 g/mol. The Hall–Kier alpha value is -4.13. The van der Waals surface area contributed by atoms with E-state index in [0.29, 0.717) is 28.5 Å². The highest BCUT2D eigenvalue weighted by Gasteiger charge is 2.29. The van der Waals surface area contributed by atoms with Gasteiger partial charge in [0, 0.05) is 5.56 Å². The quantitative estimate of drug-likeness (QED) is 0.636. The number of hydrazone groups is 1. The minimum absolute atomic E-state index is 0.0829. The standard InChI is InChI=1S/C23H18N2O5/c1-14-20(22(26)25(24-14)17-7-3-6-16(11-17)23(27)28)13-19-9-10-21(30-19)15-5-4-8-18(12-15)29-2/h3-13H,1-2H3,(H,27,28)/b20-13-. The number of rotatable bonds is 5. The molecule has 0 unspecified atom stereocenters. The van der Waals surface area contributed by atoms with Gasteiger partial charge in [-0.2, -0.15) is 10.1 Å². The lowest BCUT2D eigenvalue weighted by atomic mass is 10.1. The summed E-state index contributed by atoms with van der Waals surface area (Å²) >= 11 is 0. The van der Waals surface area contributed by atoms with Gasteiger partial charge in [-0.1, -0.05) is 18.2 Å². The van der Waals surface area contributed by atoms with Crippen molar-refractivity contribution in [1.82, 2.24) is 0 Å². The number of carbonyl (C=O) groups is 2. The number of ether oxygens (including phenoxy) is 1. The van der Waals surface area contributed by atoms with Gasteiger partial charge in [-0.25, -0.2) is 4.79 Å². The van der Waals surface area contributed by atoms with Crippen LogP contribution in [0.15, 0.2) is 75.8 Å². The number of benzene rings is 2. The van der Waals surface area contributed by atoms with E-state index in [-0.39, 0.29) is 11.5 Å². The Morgan fingerprint density at radius 3 is 2.70 bits per heavy atom. The molecule has 1 aromatic heterocycles. The van der Waals surface area contributed by atoms with E-state index >= 15 is 0 Å². The number of hydrogen-bond donors (Lipinski definition) is 1. The van der Waals surface area contributed by atoms with Gasteiger partial charge in [-0.15, -0.1) is 0 Å². The number of amides is 1. The van der Waals surface area contributed by atoms with Gasteiger partial charge in [0.1, 0.15) is 17.3 Å². The molecule has 1 aliphatic rings. The summed E-state index contributed by atoms with van der Waals surface area (Å²) in [5.41, 5.74) is 2.22. The molecule has 0 saturated heterocycles. The van der Waals surface area contributed by atoms with Gasteiger partial charge in [-0.05, 0) is 55.5 Å². The number of nitrogens with zero attached hydrogens (tertiary/aromatic N) is 2. The number of carboxylic acids is 1. The Balaban J connectivity index is 1.62. The van der Waals surface area contributed by atoms with E-state index in [1.54, 1.807) is 38.3 Å². The third-order valence-electron chi connectivity index (χ3n) is 4.67. The van der Waals surface area contributed by atoms with Crippen LogP contribution >= 0.6 is 0 Å². The van der Waals surface area contributed by atoms with Crippen LogP contribution in [-0.2, 0) is 4.79 Å². The molecule has 1 N–H and O–H groups in total. The molecule has 0 bridgehead atoms. The van der Waals surface area contributed by atoms with Crippen LogP contribution in [0.1, 0.15) is 23.0 Å². The van der Waals surface area contributed by atoms with Gasteiger partial charge < -0.3 is 14.3 Å². The average Bonchev–Trinajstić information content (AvgIpc) is 3.34. The molecule has 4 rings (SSSR count). The highest BCUT2D eigenvalue weighted by Crippen LogP contribution is 2.29. The fraction of sp³-hybridized carbons (Fsp3) is 0.0870. The maximum atomic E-state index is 12.9. The summed E-state index contributed by atoms with van der Waals surface area (Å²) in [6.45, 7) is 1.72. The van der Waals surface area contributed by atoms with Crippen LogP contribution in [0.25, 0.3) is 17.4 Å². The molecular formula is C23H18N2O5. The second-order valence-electron chi connectivity index (χ2n) is 6.65. The topological polar surface area (TPSA) is 92.3 Å². The molecule has 3 aromatic rings. The van der Waals surface area contributed by atoms with Crippen LogP contribution in [0.5, 0.6) is 5.75 Å². The maximum absolute atomic E-state index is 12.9. The molecule has 2 heterocycles. The summed E-state index contributed by atoms with van der Waals surface area (Å²) in [7, 11) is 1.60. The average molecular weight is 402 g/mol. The summed E-state index contributed by atoms with van der Waals surface area (Å²) in [6, 6.07) is 17.2. The second-order valence-corrected chi connectivity index (χ2v) is 6.65. The van der Waals surface area contributed by atoms with Gasteiger partial charge in [0.2, 0.25) is 0 Å². The van der Waals surface area contributed by atoms with Crippen molar-refractivity contribution in [2.75, 3.05) is 12.1 Å². The zero-order valence-corrected chi connectivity index (χ0v) is 16.3. The Morgan fingerprint density at radius 2 is 1.93 bits per heavy atom. The van der Waals surface area contributed by atoms with Crippen LogP contribution in [-0.4, -0.2) is 29.8 Å². The first-order valence-corrected chi connectivity index (χ1v) is 9.15. The molecule has 0 saturated carbocycles. The summed E-state index contributed by atoms with van der Waals surface area (Å²) in [5, 5.41) is 14.7. The zero-order chi connectivity index (χ0) is 21.3. The largest absolute Gasteiger partial charge is 0.497 e. The molecule has 2 aromatic carbocycles. The molecule has 30 heavy (non-hydrogen) atoms. The van der Waals surface area contributed by atoms with Crippen molar-refractivity contribution in [3.05, 3.63) is 77.6 Å². The van der Waals surface area contributed by atoms with E-state index in [2.05, 4.69) is 5.10 Å². The van der Waals surface area contributed by atoms with E-state index in [1.807, 2.05) is 30.3 Å². The molecule has 7 heteroatoms. The van der Waals surface area contributed by atoms with Crippen molar-refractivity contribution in [3.8, 4) is 17.1 Å². The molecule has 0 aliphatic carbocycles. The van der Waals surface area contributed by atoms with Crippen molar-refractivity contribution < 1.29 is 23.8 Å². The Kier molecular flexibility index (Phi) is 4.93. The number of aromatic carboxylic acids is 1. The molecule has 1 amide bonds. The van der Waals surface area contributed by atoms with E-state index in [9.17, 15) is 14.7 Å². The number of furan rings is 1. The van der Waals surface area contributed by atoms with E-state index in [0.717, 1.165) is 11.3 Å². The minimum atomic E-state index is -1.07. The predicted molar refractivity (Wildman–Crippen MR) is 113 cm³/mol. The van der Waals surface area contributed by atoms with Gasteiger partial charge >= 0.3 is 5.97 Å². The lowest BCUT2D eigenvalue weighted by Crippen LogP contribution is -2.21. The highest BCUT2D eigenvalue weighted by molar-refractivity contribution is 6.32. The normalized spacial score (nSPS) is 14.9. The molecule has 0 radical (unpaired) electrons. The van der Waals surface area contributed by atoms with Crippen molar-refractivity contribution in [2.45, 2.75) is 6.92 Å². The van der Waals surface area contributed by atoms with Crippen LogP contribution in [0.2, 0.25) is 0 Å².